The number of carbonyl (C=O) groups excluding carboxylic acids is 1. The number of nitrogens with one attached hydrogen (secondary N) is 1. The minimum atomic E-state index is -4.73. The van der Waals surface area contributed by atoms with Gasteiger partial charge in [0.1, 0.15) is 6.23 Å². The fourth-order valence-corrected chi connectivity index (χ4v) is 7.76. The summed E-state index contributed by atoms with van der Waals surface area (Å²) >= 11 is 1.38. The average Bonchev–Trinajstić information content (AvgIpc) is 3.66. The maximum Gasteiger partial charge on any atom is 0.418 e. The number of aromatic nitrogens is 1. The topological polar surface area (TPSA) is 132 Å². The van der Waals surface area contributed by atoms with Crippen LogP contribution in [-0.4, -0.2) is 78.1 Å². The molecule has 1 amide bonds. The van der Waals surface area contributed by atoms with Crippen LogP contribution in [0.5, 0.6) is 0 Å². The van der Waals surface area contributed by atoms with Gasteiger partial charge >= 0.3 is 12.3 Å². The second-order valence-corrected chi connectivity index (χ2v) is 14.5. The van der Waals surface area contributed by atoms with Crippen LogP contribution in [0.3, 0.4) is 0 Å². The zero-order valence-electron chi connectivity index (χ0n) is 25.5. The minimum absolute atomic E-state index is 0.0217. The van der Waals surface area contributed by atoms with E-state index in [-0.39, 0.29) is 30.3 Å². The van der Waals surface area contributed by atoms with E-state index in [0.717, 1.165) is 27.3 Å². The summed E-state index contributed by atoms with van der Waals surface area (Å²) in [5, 5.41) is 25.6. The largest absolute Gasteiger partial charge is 0.440 e. The lowest BCUT2D eigenvalue weighted by Gasteiger charge is -2.32. The molecule has 3 aromatic carbocycles. The van der Waals surface area contributed by atoms with Crippen LogP contribution in [-0.2, 0) is 27.4 Å². The fourth-order valence-electron chi connectivity index (χ4n) is 5.46. The molecule has 0 saturated carbocycles. The summed E-state index contributed by atoms with van der Waals surface area (Å²) in [6.45, 7) is 3.03. The molecule has 4 atom stereocenters. The number of halogens is 3. The number of benzene rings is 3. The van der Waals surface area contributed by atoms with Crippen molar-refractivity contribution in [2.45, 2.75) is 55.8 Å². The van der Waals surface area contributed by atoms with E-state index in [1.54, 1.807) is 41.9 Å². The van der Waals surface area contributed by atoms with Crippen LogP contribution in [0.4, 0.5) is 23.7 Å². The number of ether oxygens (including phenoxy) is 1. The first kappa shape index (κ1) is 34.7. The third kappa shape index (κ3) is 8.11. The van der Waals surface area contributed by atoms with Gasteiger partial charge in [0.2, 0.25) is 10.0 Å². The molecule has 10 nitrogen and oxygen atoms in total. The van der Waals surface area contributed by atoms with Crippen LogP contribution in [0, 0.1) is 5.92 Å². The molecule has 15 heteroatoms. The van der Waals surface area contributed by atoms with Crippen molar-refractivity contribution in [1.82, 2.24) is 14.6 Å². The number of sulfonamides is 1. The zero-order valence-corrected chi connectivity index (χ0v) is 27.2. The number of thiazole rings is 1. The highest BCUT2D eigenvalue weighted by molar-refractivity contribution is 7.89. The first-order valence-corrected chi connectivity index (χ1v) is 17.2. The van der Waals surface area contributed by atoms with Gasteiger partial charge in [0.05, 0.1) is 44.5 Å². The van der Waals surface area contributed by atoms with Gasteiger partial charge in [-0.25, -0.2) is 18.2 Å². The van der Waals surface area contributed by atoms with E-state index in [0.29, 0.717) is 5.52 Å². The second kappa shape index (κ2) is 14.3. The Kier molecular flexibility index (Phi) is 10.5. The van der Waals surface area contributed by atoms with E-state index in [2.05, 4.69) is 10.3 Å². The van der Waals surface area contributed by atoms with Crippen molar-refractivity contribution in [3.63, 3.8) is 0 Å². The first-order chi connectivity index (χ1) is 22.2. The number of para-hydroxylation sites is 1. The Hall–Kier alpha value is -3.60. The number of nitrogens with zero attached hydrogens (tertiary/aromatic N) is 3. The van der Waals surface area contributed by atoms with Gasteiger partial charge in [-0.1, -0.05) is 56.3 Å². The number of alkyl halides is 3. The van der Waals surface area contributed by atoms with E-state index in [1.807, 2.05) is 13.8 Å². The molecule has 1 aromatic heterocycles. The molecule has 1 unspecified atom stereocenters. The number of aliphatic hydroxyl groups is 2. The lowest BCUT2D eigenvalue weighted by atomic mass is 10.00. The molecule has 1 aliphatic heterocycles. The molecule has 2 heterocycles. The normalized spacial score (nSPS) is 17.8. The van der Waals surface area contributed by atoms with Crippen LogP contribution in [0.15, 0.2) is 83.2 Å². The molecule has 5 rings (SSSR count). The van der Waals surface area contributed by atoms with Crippen LogP contribution in [0.25, 0.3) is 10.2 Å². The average molecular weight is 693 g/mol. The molecule has 47 heavy (non-hydrogen) atoms. The summed E-state index contributed by atoms with van der Waals surface area (Å²) < 4.78 is 76.0. The third-order valence-electron chi connectivity index (χ3n) is 7.73. The lowest BCUT2D eigenvalue weighted by molar-refractivity contribution is -0.137. The first-order valence-electron chi connectivity index (χ1n) is 14.9. The molecule has 0 aliphatic carbocycles. The van der Waals surface area contributed by atoms with E-state index >= 15 is 0 Å². The number of rotatable bonds is 13. The van der Waals surface area contributed by atoms with Crippen molar-refractivity contribution in [3.8, 4) is 0 Å². The quantitative estimate of drug-likeness (QED) is 0.169. The van der Waals surface area contributed by atoms with Crippen molar-refractivity contribution in [2.75, 3.05) is 24.5 Å². The summed E-state index contributed by atoms with van der Waals surface area (Å²) in [6.07, 6.45) is -9.95. The summed E-state index contributed by atoms with van der Waals surface area (Å²) in [7, 11) is -4.09. The van der Waals surface area contributed by atoms with E-state index in [1.165, 1.54) is 39.9 Å². The molecule has 0 radical (unpaired) electrons. The summed E-state index contributed by atoms with van der Waals surface area (Å²) in [5.41, 5.74) is 1.47. The van der Waals surface area contributed by atoms with Crippen molar-refractivity contribution < 1.29 is 41.3 Å². The Balaban J connectivity index is 1.37. The van der Waals surface area contributed by atoms with Gasteiger partial charge in [0.25, 0.3) is 0 Å². The Morgan fingerprint density at radius 2 is 1.77 bits per heavy atom. The van der Waals surface area contributed by atoms with Crippen LogP contribution >= 0.6 is 11.3 Å². The lowest BCUT2D eigenvalue weighted by Crippen LogP contribution is -2.55. The highest BCUT2D eigenvalue weighted by Gasteiger charge is 2.43. The zero-order chi connectivity index (χ0) is 33.9. The number of hydrogen-bond acceptors (Lipinski definition) is 9. The maximum atomic E-state index is 13.9. The monoisotopic (exact) mass is 692 g/mol. The summed E-state index contributed by atoms with van der Waals surface area (Å²) in [5.74, 6) is -0.102. The van der Waals surface area contributed by atoms with E-state index < -0.39 is 64.6 Å². The minimum Gasteiger partial charge on any atom is -0.440 e. The van der Waals surface area contributed by atoms with Gasteiger partial charge in [-0.3, -0.25) is 10.2 Å². The van der Waals surface area contributed by atoms with Crippen molar-refractivity contribution >= 4 is 43.4 Å². The number of anilines is 1. The Bertz CT molecular complexity index is 1790. The van der Waals surface area contributed by atoms with E-state index in [9.17, 15) is 36.6 Å². The second-order valence-electron chi connectivity index (χ2n) is 11.7. The maximum absolute atomic E-state index is 13.9. The Morgan fingerprint density at radius 1 is 1.06 bits per heavy atom. The molecular formula is C32H35F3N4O6S2. The van der Waals surface area contributed by atoms with Gasteiger partial charge < -0.3 is 14.9 Å². The number of amides is 1. The molecule has 3 N–H and O–H groups in total. The molecule has 1 aliphatic rings. The van der Waals surface area contributed by atoms with Gasteiger partial charge in [0, 0.05) is 19.1 Å². The number of cyclic esters (lactones) is 1. The highest BCUT2D eigenvalue weighted by Crippen LogP contribution is 2.38. The van der Waals surface area contributed by atoms with E-state index in [4.69, 9.17) is 4.74 Å². The van der Waals surface area contributed by atoms with Crippen LogP contribution < -0.4 is 10.2 Å². The summed E-state index contributed by atoms with van der Waals surface area (Å²) in [4.78, 5) is 17.8. The Labute approximate surface area is 274 Å². The molecular weight excluding hydrogens is 658 g/mol. The van der Waals surface area contributed by atoms with Crippen LogP contribution in [0.2, 0.25) is 0 Å². The van der Waals surface area contributed by atoms with Gasteiger partial charge in [-0.2, -0.15) is 17.5 Å². The molecule has 252 valence electrons. The van der Waals surface area contributed by atoms with Crippen LogP contribution in [0.1, 0.15) is 25.0 Å². The predicted molar refractivity (Wildman–Crippen MR) is 171 cm³/mol. The van der Waals surface area contributed by atoms with Gasteiger partial charge in [-0.15, -0.1) is 11.3 Å². The molecule has 4 aromatic rings. The fraction of sp³-hybridized carbons (Fsp3) is 0.375. The molecule has 0 spiro atoms. The predicted octanol–water partition coefficient (Wildman–Crippen LogP) is 4.87. The SMILES string of the molecule is CC(C)CN(C[C@@H](O)[C@H](Cc1ccccc1)NC(O)[C@@H]1CN(c2ccccc2C(F)(F)F)C(=O)O1)S(=O)(=O)c1ccc2scnc2c1. The standard InChI is InChI=1S/C32H35F3N4O6S2/c1-20(2)16-38(47(43,44)22-12-13-29-25(15-22)36-19-46-29)17-27(40)24(14-21-8-4-3-5-9-21)37-30(41)28-18-39(31(42)45-28)26-11-7-6-10-23(26)32(33,34)35/h3-13,15,19-20,24,27-28,30,37,40-41H,14,16-18H2,1-2H3/t24-,27+,28-,30?/m0/s1. The third-order valence-corrected chi connectivity index (χ3v) is 10.4. The van der Waals surface area contributed by atoms with Gasteiger partial charge in [0.15, 0.2) is 6.10 Å². The number of aliphatic hydroxyl groups excluding tert-OH is 2. The number of carbonyl (C=O) groups is 1. The van der Waals surface area contributed by atoms with Crippen molar-refractivity contribution in [1.29, 1.82) is 0 Å². The smallest absolute Gasteiger partial charge is 0.418 e. The van der Waals surface area contributed by atoms with Gasteiger partial charge in [-0.05, 0) is 48.2 Å². The number of fused-ring (bicyclic) bond motifs is 1. The highest BCUT2D eigenvalue weighted by atomic mass is 32.2. The van der Waals surface area contributed by atoms with Crippen molar-refractivity contribution in [2.24, 2.45) is 5.92 Å². The molecule has 0 bridgehead atoms. The molecule has 1 fully saturated rings. The number of hydrogen-bond donors (Lipinski definition) is 3. The summed E-state index contributed by atoms with van der Waals surface area (Å²) in [6, 6.07) is 17.2. The Morgan fingerprint density at radius 3 is 2.47 bits per heavy atom. The molecule has 1 saturated heterocycles. The van der Waals surface area contributed by atoms with Crippen molar-refractivity contribution in [3.05, 3.63) is 89.4 Å².